The third-order valence-electron chi connectivity index (χ3n) is 2.18. The van der Waals surface area contributed by atoms with E-state index in [2.05, 4.69) is 4.98 Å². The van der Waals surface area contributed by atoms with Gasteiger partial charge in [-0.05, 0) is 23.6 Å². The minimum absolute atomic E-state index is 0.00630. The van der Waals surface area contributed by atoms with Crippen molar-refractivity contribution in [2.24, 2.45) is 5.73 Å². The molecule has 3 nitrogen and oxygen atoms in total. The summed E-state index contributed by atoms with van der Waals surface area (Å²) in [7, 11) is 0. The highest BCUT2D eigenvalue weighted by Gasteiger charge is 2.17. The minimum Gasteiger partial charge on any atom is -0.392 e. The Bertz CT molecular complexity index is 329. The van der Waals surface area contributed by atoms with Crippen LogP contribution >= 0.6 is 0 Å². The summed E-state index contributed by atoms with van der Waals surface area (Å²) in [6, 6.07) is 0. The van der Waals surface area contributed by atoms with E-state index >= 15 is 0 Å². The van der Waals surface area contributed by atoms with E-state index in [1.165, 1.54) is 6.20 Å². The van der Waals surface area contributed by atoms with Crippen LogP contribution in [0.25, 0.3) is 0 Å². The van der Waals surface area contributed by atoms with Gasteiger partial charge in [0.1, 0.15) is 5.69 Å². The Labute approximate surface area is 80.6 Å². The highest BCUT2D eigenvalue weighted by molar-refractivity contribution is 5.35. The van der Waals surface area contributed by atoms with Gasteiger partial charge in [0, 0.05) is 12.7 Å². The molecule has 0 radical (unpaired) electrons. The molecule has 78 valence electrons. The van der Waals surface area contributed by atoms with Gasteiger partial charge >= 0.3 is 0 Å². The van der Waals surface area contributed by atoms with Crippen LogP contribution in [0.4, 0.5) is 8.78 Å². The summed E-state index contributed by atoms with van der Waals surface area (Å²) in [5, 5.41) is 8.90. The summed E-state index contributed by atoms with van der Waals surface area (Å²) < 4.78 is 24.9. The molecule has 0 aromatic carbocycles. The molecule has 0 amide bonds. The van der Waals surface area contributed by atoms with Crippen molar-refractivity contribution in [3.05, 3.63) is 28.6 Å². The normalized spacial score (nSPS) is 11.0. The lowest BCUT2D eigenvalue weighted by Crippen LogP contribution is -2.09. The molecule has 0 unspecified atom stereocenters. The van der Waals surface area contributed by atoms with Crippen molar-refractivity contribution in [2.75, 3.05) is 0 Å². The molecule has 0 bridgehead atoms. The van der Waals surface area contributed by atoms with Crippen molar-refractivity contribution >= 4 is 0 Å². The van der Waals surface area contributed by atoms with E-state index in [0.717, 1.165) is 0 Å². The highest BCUT2D eigenvalue weighted by Crippen LogP contribution is 2.24. The molecule has 1 aromatic rings. The van der Waals surface area contributed by atoms with E-state index in [4.69, 9.17) is 10.8 Å². The third-order valence-corrected chi connectivity index (χ3v) is 2.18. The van der Waals surface area contributed by atoms with Crippen molar-refractivity contribution in [3.63, 3.8) is 0 Å². The lowest BCUT2D eigenvalue weighted by molar-refractivity contribution is 0.144. The Balaban J connectivity index is 3.28. The molecule has 1 aromatic heterocycles. The molecule has 0 aliphatic carbocycles. The van der Waals surface area contributed by atoms with Gasteiger partial charge in [0.15, 0.2) is 0 Å². The van der Waals surface area contributed by atoms with Gasteiger partial charge in [0.05, 0.1) is 6.61 Å². The summed E-state index contributed by atoms with van der Waals surface area (Å²) in [5.41, 5.74) is 6.53. The molecule has 0 saturated carbocycles. The van der Waals surface area contributed by atoms with Gasteiger partial charge in [-0.15, -0.1) is 0 Å². The number of pyridine rings is 1. The number of halogens is 2. The SMILES string of the molecule is Cc1c(CO)cnc(C(F)F)c1CN. The second-order valence-electron chi connectivity index (χ2n) is 2.94. The molecular weight excluding hydrogens is 190 g/mol. The first-order chi connectivity index (χ1) is 6.61. The molecule has 0 saturated heterocycles. The van der Waals surface area contributed by atoms with E-state index in [9.17, 15) is 8.78 Å². The van der Waals surface area contributed by atoms with Gasteiger partial charge in [0.25, 0.3) is 6.43 Å². The van der Waals surface area contributed by atoms with Crippen LogP contribution in [0.1, 0.15) is 28.8 Å². The van der Waals surface area contributed by atoms with Crippen molar-refractivity contribution in [2.45, 2.75) is 26.5 Å². The molecule has 1 heterocycles. The van der Waals surface area contributed by atoms with Crippen molar-refractivity contribution in [1.29, 1.82) is 0 Å². The second kappa shape index (κ2) is 4.43. The molecular formula is C9H12F2N2O. The first-order valence-electron chi connectivity index (χ1n) is 4.18. The Morgan fingerprint density at radius 1 is 1.57 bits per heavy atom. The lowest BCUT2D eigenvalue weighted by Gasteiger charge is -2.12. The van der Waals surface area contributed by atoms with Gasteiger partial charge in [-0.1, -0.05) is 0 Å². The van der Waals surface area contributed by atoms with Crippen LogP contribution < -0.4 is 5.73 Å². The Morgan fingerprint density at radius 2 is 2.21 bits per heavy atom. The van der Waals surface area contributed by atoms with Crippen LogP contribution in [-0.2, 0) is 13.2 Å². The monoisotopic (exact) mass is 202 g/mol. The minimum atomic E-state index is -2.63. The average Bonchev–Trinajstić information content (AvgIpc) is 2.17. The maximum atomic E-state index is 12.4. The Kier molecular flexibility index (Phi) is 3.49. The molecule has 14 heavy (non-hydrogen) atoms. The summed E-state index contributed by atoms with van der Waals surface area (Å²) in [5.74, 6) is 0. The predicted octanol–water partition coefficient (Wildman–Crippen LogP) is 1.28. The maximum absolute atomic E-state index is 12.4. The smallest absolute Gasteiger partial charge is 0.280 e. The summed E-state index contributed by atoms with van der Waals surface area (Å²) in [6.45, 7) is 1.45. The Hall–Kier alpha value is -1.07. The van der Waals surface area contributed by atoms with E-state index in [1.807, 2.05) is 0 Å². The van der Waals surface area contributed by atoms with Crippen LogP contribution in [0.15, 0.2) is 6.20 Å². The maximum Gasteiger partial charge on any atom is 0.280 e. The Morgan fingerprint density at radius 3 is 2.64 bits per heavy atom. The van der Waals surface area contributed by atoms with E-state index in [1.54, 1.807) is 6.92 Å². The van der Waals surface area contributed by atoms with Crippen LogP contribution in [0.3, 0.4) is 0 Å². The first-order valence-corrected chi connectivity index (χ1v) is 4.18. The molecule has 1 rings (SSSR count). The fourth-order valence-electron chi connectivity index (χ4n) is 1.31. The topological polar surface area (TPSA) is 59.1 Å². The van der Waals surface area contributed by atoms with E-state index in [0.29, 0.717) is 16.7 Å². The zero-order valence-electron chi connectivity index (χ0n) is 7.80. The number of nitrogens with two attached hydrogens (primary N) is 1. The predicted molar refractivity (Wildman–Crippen MR) is 47.7 cm³/mol. The van der Waals surface area contributed by atoms with E-state index in [-0.39, 0.29) is 18.8 Å². The number of aliphatic hydroxyl groups is 1. The molecule has 0 aliphatic rings. The fraction of sp³-hybridized carbons (Fsp3) is 0.444. The van der Waals surface area contributed by atoms with Gasteiger partial charge < -0.3 is 10.8 Å². The summed E-state index contributed by atoms with van der Waals surface area (Å²) in [4.78, 5) is 3.59. The quantitative estimate of drug-likeness (QED) is 0.776. The molecule has 0 atom stereocenters. The average molecular weight is 202 g/mol. The van der Waals surface area contributed by atoms with Crippen LogP contribution in [0.2, 0.25) is 0 Å². The number of hydrogen-bond acceptors (Lipinski definition) is 3. The lowest BCUT2D eigenvalue weighted by atomic mass is 10.0. The number of rotatable bonds is 3. The third kappa shape index (κ3) is 1.88. The first kappa shape index (κ1) is 11.0. The van der Waals surface area contributed by atoms with Crippen molar-refractivity contribution < 1.29 is 13.9 Å². The molecule has 3 N–H and O–H groups in total. The van der Waals surface area contributed by atoms with E-state index < -0.39 is 6.43 Å². The molecule has 0 spiro atoms. The number of alkyl halides is 2. The summed E-state index contributed by atoms with van der Waals surface area (Å²) >= 11 is 0. The van der Waals surface area contributed by atoms with Gasteiger partial charge in [-0.2, -0.15) is 0 Å². The van der Waals surface area contributed by atoms with Gasteiger partial charge in [-0.3, -0.25) is 4.98 Å². The zero-order valence-corrected chi connectivity index (χ0v) is 7.80. The molecule has 0 fully saturated rings. The standard InChI is InChI=1S/C9H12F2N2O/c1-5-6(4-14)3-13-8(9(10)11)7(5)2-12/h3,9,14H,2,4,12H2,1H3. The van der Waals surface area contributed by atoms with Crippen LogP contribution in [-0.4, -0.2) is 10.1 Å². The molecule has 5 heteroatoms. The summed E-state index contributed by atoms with van der Waals surface area (Å²) in [6.07, 6.45) is -1.37. The van der Waals surface area contributed by atoms with Crippen LogP contribution in [0.5, 0.6) is 0 Å². The van der Waals surface area contributed by atoms with Gasteiger partial charge in [0.2, 0.25) is 0 Å². The van der Waals surface area contributed by atoms with Gasteiger partial charge in [-0.25, -0.2) is 8.78 Å². The van der Waals surface area contributed by atoms with Crippen LogP contribution in [0, 0.1) is 6.92 Å². The number of aromatic nitrogens is 1. The number of nitrogens with zero attached hydrogens (tertiary/aromatic N) is 1. The van der Waals surface area contributed by atoms with Crippen molar-refractivity contribution in [3.8, 4) is 0 Å². The number of aliphatic hydroxyl groups excluding tert-OH is 1. The second-order valence-corrected chi connectivity index (χ2v) is 2.94. The van der Waals surface area contributed by atoms with Crippen molar-refractivity contribution in [1.82, 2.24) is 4.98 Å². The highest BCUT2D eigenvalue weighted by atomic mass is 19.3. The number of hydrogen-bond donors (Lipinski definition) is 2. The largest absolute Gasteiger partial charge is 0.392 e. The molecule has 0 aliphatic heterocycles. The zero-order chi connectivity index (χ0) is 10.7. The fourth-order valence-corrected chi connectivity index (χ4v) is 1.31.